The summed E-state index contributed by atoms with van der Waals surface area (Å²) in [7, 11) is 0. The third-order valence-electron chi connectivity index (χ3n) is 19.4. The van der Waals surface area contributed by atoms with Crippen LogP contribution in [0, 0.1) is 50.2 Å². The first-order valence-electron chi connectivity index (χ1n) is 24.2. The number of hydrogen-bond donors (Lipinski definition) is 11. The third-order valence-corrected chi connectivity index (χ3v) is 19.4. The molecule has 0 radical (unpaired) electrons. The predicted octanol–water partition coefficient (Wildman–Crippen LogP) is -0.0241. The molecule has 3 saturated heterocycles. The van der Waals surface area contributed by atoms with Gasteiger partial charge in [0.05, 0.1) is 30.3 Å². The Labute approximate surface area is 395 Å². The molecule has 3 heterocycles. The van der Waals surface area contributed by atoms with E-state index in [1.807, 2.05) is 19.9 Å². The van der Waals surface area contributed by atoms with Crippen molar-refractivity contribution in [2.45, 2.75) is 211 Å². The minimum Gasteiger partial charge on any atom is -0.481 e. The molecule has 0 amide bonds. The summed E-state index contributed by atoms with van der Waals surface area (Å²) in [4.78, 5) is 40.1. The van der Waals surface area contributed by atoms with Crippen LogP contribution in [0.5, 0.6) is 0 Å². The molecule has 0 aromatic carbocycles. The Bertz CT molecular complexity index is 1980. The van der Waals surface area contributed by atoms with Gasteiger partial charge in [-0.05, 0) is 110 Å². The van der Waals surface area contributed by atoms with E-state index >= 15 is 4.79 Å². The van der Waals surface area contributed by atoms with Crippen molar-refractivity contribution >= 4 is 17.7 Å². The topological polar surface area (TPSA) is 329 Å². The summed E-state index contributed by atoms with van der Waals surface area (Å²) in [6.45, 7) is 14.9. The van der Waals surface area contributed by atoms with Gasteiger partial charge in [0.25, 0.3) is 0 Å². The number of ether oxygens (including phenoxy) is 6. The summed E-state index contributed by atoms with van der Waals surface area (Å²) < 4.78 is 36.1. The molecule has 25 unspecified atom stereocenters. The zero-order valence-electron chi connectivity index (χ0n) is 40.1. The Kier molecular flexibility index (Phi) is 13.6. The Morgan fingerprint density at radius 1 is 0.691 bits per heavy atom. The quantitative estimate of drug-likeness (QED) is 0.135. The number of carboxylic acid groups (broad SMARTS) is 2. The van der Waals surface area contributed by atoms with E-state index in [1.165, 1.54) is 6.92 Å². The number of carbonyl (C=O) groups is 3. The van der Waals surface area contributed by atoms with E-state index in [-0.39, 0.29) is 29.5 Å². The summed E-state index contributed by atoms with van der Waals surface area (Å²) >= 11 is 0. The normalized spacial score (nSPS) is 54.6. The molecule has 3 aliphatic heterocycles. The Morgan fingerprint density at radius 3 is 1.93 bits per heavy atom. The number of carboxylic acids is 2. The maximum atomic E-state index is 15.0. The van der Waals surface area contributed by atoms with Crippen molar-refractivity contribution < 1.29 is 99.0 Å². The molecule has 0 spiro atoms. The van der Waals surface area contributed by atoms with Gasteiger partial charge < -0.3 is 84.6 Å². The van der Waals surface area contributed by atoms with Crippen LogP contribution in [0.2, 0.25) is 0 Å². The van der Waals surface area contributed by atoms with Gasteiger partial charge in [-0.15, -0.1) is 0 Å². The van der Waals surface area contributed by atoms with Gasteiger partial charge in [0, 0.05) is 5.92 Å². The molecule has 20 nitrogen and oxygen atoms in total. The van der Waals surface area contributed by atoms with Gasteiger partial charge in [0.1, 0.15) is 61.0 Å². The molecule has 8 aliphatic rings. The van der Waals surface area contributed by atoms with E-state index in [1.54, 1.807) is 6.92 Å². The molecule has 386 valence electrons. The minimum absolute atomic E-state index is 0.00994. The molecule has 8 rings (SSSR count). The van der Waals surface area contributed by atoms with E-state index in [0.29, 0.717) is 32.1 Å². The van der Waals surface area contributed by atoms with Crippen molar-refractivity contribution in [2.24, 2.45) is 50.2 Å². The number of ketones is 1. The SMILES string of the molecule is CC1OC(OC2C(OC3C(OC4CCC5(C)C(CCC6(C)C5C(=O)C=C5C7CC(C)(C(=O)O)C(O)CC7(C)CCC56C)C4(C)C)OC(C(=O)O)C(O)C3O)OC(CO)C(O)C2O)C(O)C(O)C1O. The number of aliphatic hydroxyl groups excluding tert-OH is 9. The van der Waals surface area contributed by atoms with E-state index in [0.717, 1.165) is 18.4 Å². The van der Waals surface area contributed by atoms with Crippen LogP contribution in [0.15, 0.2) is 11.6 Å². The van der Waals surface area contributed by atoms with Gasteiger partial charge in [0.15, 0.2) is 30.8 Å². The predicted molar refractivity (Wildman–Crippen MR) is 231 cm³/mol. The van der Waals surface area contributed by atoms with Crippen molar-refractivity contribution in [3.8, 4) is 0 Å². The Hall–Kier alpha value is -2.25. The van der Waals surface area contributed by atoms with Gasteiger partial charge in [-0.1, -0.05) is 47.1 Å². The minimum atomic E-state index is -2.09. The molecule has 25 atom stereocenters. The van der Waals surface area contributed by atoms with Crippen LogP contribution in [0.25, 0.3) is 0 Å². The molecule has 0 aromatic heterocycles. The molecule has 0 aromatic rings. The lowest BCUT2D eigenvalue weighted by Crippen LogP contribution is -2.68. The summed E-state index contributed by atoms with van der Waals surface area (Å²) in [5, 5.41) is 118. The van der Waals surface area contributed by atoms with E-state index in [4.69, 9.17) is 28.4 Å². The largest absolute Gasteiger partial charge is 0.481 e. The zero-order chi connectivity index (χ0) is 50.2. The molecule has 20 heteroatoms. The molecule has 4 saturated carbocycles. The second-order valence-corrected chi connectivity index (χ2v) is 23.5. The van der Waals surface area contributed by atoms with Crippen LogP contribution in [0.4, 0.5) is 0 Å². The van der Waals surface area contributed by atoms with Crippen molar-refractivity contribution in [3.05, 3.63) is 11.6 Å². The standard InChI is InChI=1S/C48H74O20/c1-19-27(52)29(54)33(58)39(63-19)67-35-30(55)28(53)23(18-49)64-40(35)68-36-32(57)31(56)34(38(59)60)66-41(36)65-26-10-11-45(5)24(43(26,2)3)9-12-48(8)37(45)22(50)15-20-21-16-46(6,42(61)62)25(51)17-44(21,4)13-14-47(20,48)7/h15,19,21,23-37,39-41,49,51-58H,9-14,16-18H2,1-8H3,(H,59,60)(H,61,62). The number of aliphatic hydroxyl groups is 9. The van der Waals surface area contributed by atoms with Crippen LogP contribution in [0.1, 0.15) is 107 Å². The molecule has 7 fully saturated rings. The second kappa shape index (κ2) is 17.8. The van der Waals surface area contributed by atoms with Gasteiger partial charge in [-0.2, -0.15) is 0 Å². The highest BCUT2D eigenvalue weighted by Crippen LogP contribution is 2.75. The Balaban J connectivity index is 1.08. The van der Waals surface area contributed by atoms with Crippen LogP contribution in [-0.4, -0.2) is 185 Å². The lowest BCUT2D eigenvalue weighted by Gasteiger charge is -2.70. The molecule has 68 heavy (non-hydrogen) atoms. The fraction of sp³-hybridized carbons (Fsp3) is 0.896. The summed E-state index contributed by atoms with van der Waals surface area (Å²) in [6, 6.07) is 0. The third kappa shape index (κ3) is 7.77. The van der Waals surface area contributed by atoms with Crippen molar-refractivity contribution in [2.75, 3.05) is 6.61 Å². The van der Waals surface area contributed by atoms with Crippen LogP contribution in [0.3, 0.4) is 0 Å². The number of aliphatic carboxylic acids is 2. The maximum Gasteiger partial charge on any atom is 0.335 e. The number of hydrogen-bond acceptors (Lipinski definition) is 18. The van der Waals surface area contributed by atoms with Gasteiger partial charge in [-0.25, -0.2) is 4.79 Å². The first-order chi connectivity index (χ1) is 31.5. The van der Waals surface area contributed by atoms with Crippen molar-refractivity contribution in [1.29, 1.82) is 0 Å². The monoisotopic (exact) mass is 970 g/mol. The van der Waals surface area contributed by atoms with Crippen molar-refractivity contribution in [1.82, 2.24) is 0 Å². The zero-order valence-corrected chi connectivity index (χ0v) is 40.1. The van der Waals surface area contributed by atoms with Crippen molar-refractivity contribution in [3.63, 3.8) is 0 Å². The van der Waals surface area contributed by atoms with Crippen LogP contribution in [-0.2, 0) is 42.8 Å². The second-order valence-electron chi connectivity index (χ2n) is 23.5. The first-order valence-corrected chi connectivity index (χ1v) is 24.2. The molecule has 5 aliphatic carbocycles. The molecule has 11 N–H and O–H groups in total. The average molecular weight is 971 g/mol. The van der Waals surface area contributed by atoms with Crippen LogP contribution >= 0.6 is 0 Å². The molecular formula is C48H74O20. The smallest absolute Gasteiger partial charge is 0.335 e. The number of carbonyl (C=O) groups excluding carboxylic acids is 1. The first kappa shape index (κ1) is 52.1. The molecule has 0 bridgehead atoms. The summed E-state index contributed by atoms with van der Waals surface area (Å²) in [6.07, 6.45) is -22.3. The van der Waals surface area contributed by atoms with E-state index in [9.17, 15) is 65.8 Å². The van der Waals surface area contributed by atoms with Gasteiger partial charge in [-0.3, -0.25) is 9.59 Å². The number of rotatable bonds is 9. The fourth-order valence-corrected chi connectivity index (χ4v) is 14.9. The highest BCUT2D eigenvalue weighted by Gasteiger charge is 2.71. The van der Waals surface area contributed by atoms with Gasteiger partial charge in [0.2, 0.25) is 0 Å². The number of allylic oxidation sites excluding steroid dienone is 2. The molecular weight excluding hydrogens is 897 g/mol. The maximum absolute atomic E-state index is 15.0. The average Bonchev–Trinajstić information content (AvgIpc) is 3.26. The van der Waals surface area contributed by atoms with Gasteiger partial charge >= 0.3 is 11.9 Å². The van der Waals surface area contributed by atoms with E-state index < -0.39 is 156 Å². The highest BCUT2D eigenvalue weighted by atomic mass is 16.8. The summed E-state index contributed by atoms with van der Waals surface area (Å²) in [5.41, 5.74) is -3.07. The lowest BCUT2D eigenvalue weighted by molar-refractivity contribution is -0.395. The van der Waals surface area contributed by atoms with E-state index in [2.05, 4.69) is 27.7 Å². The highest BCUT2D eigenvalue weighted by molar-refractivity contribution is 5.95. The lowest BCUT2D eigenvalue weighted by atomic mass is 9.33. The number of fused-ring (bicyclic) bond motifs is 7. The summed E-state index contributed by atoms with van der Waals surface area (Å²) in [5.74, 6) is -3.48. The fourth-order valence-electron chi connectivity index (χ4n) is 14.9. The van der Waals surface area contributed by atoms with Crippen LogP contribution < -0.4 is 0 Å². The Morgan fingerprint density at radius 2 is 1.31 bits per heavy atom.